The fourth-order valence-electron chi connectivity index (χ4n) is 3.28. The Morgan fingerprint density at radius 1 is 1.09 bits per heavy atom. The average Bonchev–Trinajstić information content (AvgIpc) is 3.20. The molecule has 32 heavy (non-hydrogen) atoms. The molecular weight excluding hydrogens is 463 g/mol. The highest BCUT2D eigenvalue weighted by Crippen LogP contribution is 2.33. The summed E-state index contributed by atoms with van der Waals surface area (Å²) in [4.78, 5) is 22.0. The van der Waals surface area contributed by atoms with Crippen molar-refractivity contribution in [3.05, 3.63) is 42.5 Å². The Morgan fingerprint density at radius 3 is 2.44 bits per heavy atom. The van der Waals surface area contributed by atoms with E-state index in [9.17, 15) is 18.0 Å². The number of piperazine rings is 1. The van der Waals surface area contributed by atoms with Crippen molar-refractivity contribution in [3.8, 4) is 11.5 Å². The van der Waals surface area contributed by atoms with E-state index < -0.39 is 6.36 Å². The summed E-state index contributed by atoms with van der Waals surface area (Å²) in [6, 6.07) is 11.7. The van der Waals surface area contributed by atoms with Crippen LogP contribution >= 0.6 is 23.1 Å². The molecule has 170 valence electrons. The van der Waals surface area contributed by atoms with Crippen molar-refractivity contribution in [2.24, 2.45) is 0 Å². The van der Waals surface area contributed by atoms with Crippen LogP contribution < -0.4 is 14.4 Å². The number of carbonyl (C=O) groups excluding carboxylic acids is 1. The Bertz CT molecular complexity index is 1080. The second-order valence-corrected chi connectivity index (χ2v) is 9.06. The summed E-state index contributed by atoms with van der Waals surface area (Å²) >= 11 is 2.80. The number of carbonyl (C=O) groups is 1. The molecule has 4 rings (SSSR count). The van der Waals surface area contributed by atoms with Crippen molar-refractivity contribution in [2.75, 3.05) is 43.9 Å². The van der Waals surface area contributed by atoms with E-state index in [4.69, 9.17) is 4.74 Å². The number of halogens is 3. The topological polar surface area (TPSA) is 54.9 Å². The van der Waals surface area contributed by atoms with Gasteiger partial charge in [-0.15, -0.1) is 24.9 Å². The summed E-state index contributed by atoms with van der Waals surface area (Å²) in [6.07, 6.45) is -4.73. The summed E-state index contributed by atoms with van der Waals surface area (Å²) in [5.41, 5.74) is 0.619. The Kier molecular flexibility index (Phi) is 6.66. The number of benzene rings is 2. The first-order valence-electron chi connectivity index (χ1n) is 9.77. The number of aromatic nitrogens is 1. The molecule has 2 heterocycles. The molecule has 0 spiro atoms. The van der Waals surface area contributed by atoms with Crippen LogP contribution in [0.4, 0.5) is 18.3 Å². The average molecular weight is 484 g/mol. The van der Waals surface area contributed by atoms with E-state index in [1.807, 2.05) is 29.2 Å². The minimum absolute atomic E-state index is 0.0729. The normalized spacial score (nSPS) is 14.6. The highest BCUT2D eigenvalue weighted by molar-refractivity contribution is 8.00. The molecule has 0 saturated carbocycles. The third-order valence-corrected chi connectivity index (χ3v) is 6.98. The van der Waals surface area contributed by atoms with Gasteiger partial charge in [0.2, 0.25) is 5.91 Å². The van der Waals surface area contributed by atoms with Crippen LogP contribution in [-0.2, 0) is 4.79 Å². The van der Waals surface area contributed by atoms with E-state index in [1.165, 1.54) is 41.3 Å². The summed E-state index contributed by atoms with van der Waals surface area (Å²) in [7, 11) is 1.61. The van der Waals surface area contributed by atoms with Crippen molar-refractivity contribution in [1.82, 2.24) is 9.88 Å². The van der Waals surface area contributed by atoms with Gasteiger partial charge in [-0.1, -0.05) is 11.3 Å². The molecule has 1 fully saturated rings. The number of nitrogens with zero attached hydrogens (tertiary/aromatic N) is 3. The van der Waals surface area contributed by atoms with Crippen LogP contribution in [0.2, 0.25) is 0 Å². The lowest BCUT2D eigenvalue weighted by molar-refractivity contribution is -0.274. The Labute approximate surface area is 190 Å². The number of rotatable bonds is 6. The summed E-state index contributed by atoms with van der Waals surface area (Å²) < 4.78 is 47.1. The van der Waals surface area contributed by atoms with Gasteiger partial charge >= 0.3 is 6.36 Å². The van der Waals surface area contributed by atoms with Crippen molar-refractivity contribution in [3.63, 3.8) is 0 Å². The van der Waals surface area contributed by atoms with Gasteiger partial charge in [0.15, 0.2) is 5.13 Å². The minimum atomic E-state index is -4.73. The van der Waals surface area contributed by atoms with Crippen LogP contribution in [0.3, 0.4) is 0 Å². The number of hydrogen-bond acceptors (Lipinski definition) is 7. The van der Waals surface area contributed by atoms with Crippen LogP contribution in [0.15, 0.2) is 47.4 Å². The summed E-state index contributed by atoms with van der Waals surface area (Å²) in [5, 5.41) is 0.726. The number of thiazole rings is 1. The van der Waals surface area contributed by atoms with Gasteiger partial charge in [0, 0.05) is 37.1 Å². The van der Waals surface area contributed by atoms with Gasteiger partial charge < -0.3 is 19.3 Å². The lowest BCUT2D eigenvalue weighted by Gasteiger charge is -2.34. The van der Waals surface area contributed by atoms with Gasteiger partial charge in [0.05, 0.1) is 23.1 Å². The molecule has 0 bridgehead atoms. The van der Waals surface area contributed by atoms with Gasteiger partial charge in [-0.3, -0.25) is 4.79 Å². The van der Waals surface area contributed by atoms with Crippen LogP contribution in [0.25, 0.3) is 10.2 Å². The zero-order chi connectivity index (χ0) is 22.7. The number of ether oxygens (including phenoxy) is 2. The molecule has 2 aromatic carbocycles. The number of thioether (sulfide) groups is 1. The largest absolute Gasteiger partial charge is 0.573 e. The highest BCUT2D eigenvalue weighted by atomic mass is 32.2. The minimum Gasteiger partial charge on any atom is -0.497 e. The number of alkyl halides is 3. The smallest absolute Gasteiger partial charge is 0.497 e. The van der Waals surface area contributed by atoms with Gasteiger partial charge in [0.1, 0.15) is 11.5 Å². The monoisotopic (exact) mass is 483 g/mol. The molecule has 0 radical (unpaired) electrons. The lowest BCUT2D eigenvalue weighted by atomic mass is 10.3. The van der Waals surface area contributed by atoms with E-state index in [2.05, 4.69) is 14.6 Å². The first-order chi connectivity index (χ1) is 15.3. The van der Waals surface area contributed by atoms with Gasteiger partial charge in [-0.25, -0.2) is 4.98 Å². The maximum Gasteiger partial charge on any atom is 0.573 e. The molecule has 1 aliphatic heterocycles. The number of anilines is 1. The molecule has 0 aliphatic carbocycles. The SMILES string of the molecule is COc1ccc(SCC(=O)N2CCN(c3nc4ccc(OC(F)(F)F)cc4s3)CC2)cc1. The third-order valence-electron chi connectivity index (χ3n) is 4.91. The van der Waals surface area contributed by atoms with Gasteiger partial charge in [-0.2, -0.15) is 0 Å². The van der Waals surface area contributed by atoms with Crippen LogP contribution in [0.5, 0.6) is 11.5 Å². The van der Waals surface area contributed by atoms with E-state index in [0.717, 1.165) is 15.8 Å². The standard InChI is InChI=1S/C21H20F3N3O3S2/c1-29-14-2-5-16(6-3-14)31-13-19(28)26-8-10-27(11-9-26)20-25-17-7-4-15(12-18(17)32-20)30-21(22,23)24/h2-7,12H,8-11,13H2,1H3. The third kappa shape index (κ3) is 5.57. The van der Waals surface area contributed by atoms with E-state index in [-0.39, 0.29) is 11.7 Å². The zero-order valence-electron chi connectivity index (χ0n) is 17.1. The van der Waals surface area contributed by atoms with Crippen LogP contribution in [-0.4, -0.2) is 61.2 Å². The number of amides is 1. The molecule has 1 aliphatic rings. The molecular formula is C21H20F3N3O3S2. The molecule has 1 aromatic heterocycles. The lowest BCUT2D eigenvalue weighted by Crippen LogP contribution is -2.49. The van der Waals surface area contributed by atoms with Crippen molar-refractivity contribution in [1.29, 1.82) is 0 Å². The number of hydrogen-bond donors (Lipinski definition) is 0. The number of fused-ring (bicyclic) bond motifs is 1. The van der Waals surface area contributed by atoms with Crippen molar-refractivity contribution in [2.45, 2.75) is 11.3 Å². The summed E-state index contributed by atoms with van der Waals surface area (Å²) in [5.74, 6) is 0.944. The van der Waals surface area contributed by atoms with E-state index >= 15 is 0 Å². The van der Waals surface area contributed by atoms with Crippen LogP contribution in [0.1, 0.15) is 0 Å². The van der Waals surface area contributed by atoms with E-state index in [1.54, 1.807) is 7.11 Å². The molecule has 0 unspecified atom stereocenters. The molecule has 1 saturated heterocycles. The molecule has 11 heteroatoms. The van der Waals surface area contributed by atoms with Crippen LogP contribution in [0, 0.1) is 0 Å². The predicted octanol–water partition coefficient (Wildman–Crippen LogP) is 4.64. The second kappa shape index (κ2) is 9.45. The fourth-order valence-corrected chi connectivity index (χ4v) is 5.13. The Balaban J connectivity index is 1.31. The van der Waals surface area contributed by atoms with Crippen molar-refractivity contribution < 1.29 is 27.4 Å². The Morgan fingerprint density at radius 2 is 1.78 bits per heavy atom. The first-order valence-corrected chi connectivity index (χ1v) is 11.6. The van der Waals surface area contributed by atoms with Crippen molar-refractivity contribution >= 4 is 44.4 Å². The molecule has 0 N–H and O–H groups in total. The molecule has 6 nitrogen and oxygen atoms in total. The fraction of sp³-hybridized carbons (Fsp3) is 0.333. The molecule has 0 atom stereocenters. The predicted molar refractivity (Wildman–Crippen MR) is 119 cm³/mol. The quantitative estimate of drug-likeness (QED) is 0.476. The maximum absolute atomic E-state index is 12.6. The maximum atomic E-state index is 12.6. The Hall–Kier alpha value is -2.66. The van der Waals surface area contributed by atoms with E-state index in [0.29, 0.717) is 42.1 Å². The summed E-state index contributed by atoms with van der Waals surface area (Å²) in [6.45, 7) is 2.37. The highest BCUT2D eigenvalue weighted by Gasteiger charge is 2.31. The van der Waals surface area contributed by atoms with Gasteiger partial charge in [0.25, 0.3) is 0 Å². The first kappa shape index (κ1) is 22.5. The number of methoxy groups -OCH3 is 1. The molecule has 1 amide bonds. The zero-order valence-corrected chi connectivity index (χ0v) is 18.7. The molecule has 3 aromatic rings. The van der Waals surface area contributed by atoms with Gasteiger partial charge in [-0.05, 0) is 36.4 Å². The second-order valence-electron chi connectivity index (χ2n) is 7.01.